The molecule has 1 aromatic rings. The number of esters is 1. The Balaban J connectivity index is 2.02. The molecule has 2 N–H and O–H groups in total. The molecule has 10 heteroatoms. The number of amides is 1. The van der Waals surface area contributed by atoms with Crippen LogP contribution in [0.15, 0.2) is 23.1 Å². The van der Waals surface area contributed by atoms with Crippen molar-refractivity contribution in [1.82, 2.24) is 10.0 Å². The summed E-state index contributed by atoms with van der Waals surface area (Å²) in [6.45, 7) is 4.03. The second-order valence-electron chi connectivity index (χ2n) is 6.59. The highest BCUT2D eigenvalue weighted by molar-refractivity contribution is 7.89. The maximum Gasteiger partial charge on any atom is 0.338 e. The zero-order chi connectivity index (χ0) is 20.7. The summed E-state index contributed by atoms with van der Waals surface area (Å²) >= 11 is 6.01. The van der Waals surface area contributed by atoms with Crippen LogP contribution >= 0.6 is 11.6 Å². The minimum absolute atomic E-state index is 0.0155. The van der Waals surface area contributed by atoms with Gasteiger partial charge in [-0.15, -0.1) is 0 Å². The Bertz CT molecular complexity index is 808. The van der Waals surface area contributed by atoms with Crippen LogP contribution in [0, 0.1) is 0 Å². The lowest BCUT2D eigenvalue weighted by Crippen LogP contribution is -2.35. The Hall–Kier alpha value is -1.68. The molecule has 0 radical (unpaired) electrons. The molecule has 1 aliphatic heterocycles. The average Bonchev–Trinajstić information content (AvgIpc) is 3.18. The van der Waals surface area contributed by atoms with Crippen LogP contribution in [0.2, 0.25) is 5.02 Å². The highest BCUT2D eigenvalue weighted by Gasteiger charge is 2.24. The summed E-state index contributed by atoms with van der Waals surface area (Å²) in [5, 5.41) is 2.65. The molecule has 0 spiro atoms. The third-order valence-electron chi connectivity index (χ3n) is 4.34. The quantitative estimate of drug-likeness (QED) is 0.576. The Kier molecular flexibility index (Phi) is 8.23. The number of sulfonamides is 1. The maximum atomic E-state index is 12.5. The van der Waals surface area contributed by atoms with E-state index >= 15 is 0 Å². The zero-order valence-corrected chi connectivity index (χ0v) is 17.4. The fraction of sp³-hybridized carbons (Fsp3) is 0.556. The fourth-order valence-corrected chi connectivity index (χ4v) is 4.14. The van der Waals surface area contributed by atoms with E-state index in [1.54, 1.807) is 0 Å². The Labute approximate surface area is 170 Å². The van der Waals surface area contributed by atoms with Gasteiger partial charge in [-0.1, -0.05) is 18.5 Å². The molecule has 28 heavy (non-hydrogen) atoms. The summed E-state index contributed by atoms with van der Waals surface area (Å²) < 4.78 is 37.9. The summed E-state index contributed by atoms with van der Waals surface area (Å²) in [5.74, 6) is -1.24. The highest BCUT2D eigenvalue weighted by Crippen LogP contribution is 2.23. The summed E-state index contributed by atoms with van der Waals surface area (Å²) in [4.78, 5) is 23.7. The number of hydrogen-bond acceptors (Lipinski definition) is 6. The van der Waals surface area contributed by atoms with Gasteiger partial charge in [-0.2, -0.15) is 0 Å². The van der Waals surface area contributed by atoms with Crippen molar-refractivity contribution in [2.24, 2.45) is 0 Å². The number of nitrogens with one attached hydrogen (secondary N) is 2. The van der Waals surface area contributed by atoms with E-state index in [0.29, 0.717) is 6.61 Å². The normalized spacial score (nSPS) is 17.9. The average molecular weight is 433 g/mol. The lowest BCUT2D eigenvalue weighted by molar-refractivity contribution is -0.124. The molecule has 1 fully saturated rings. The molecule has 0 aromatic heterocycles. The molecule has 0 bridgehead atoms. The Morgan fingerprint density at radius 3 is 2.79 bits per heavy atom. The minimum atomic E-state index is -3.93. The molecule has 1 amide bonds. The van der Waals surface area contributed by atoms with Crippen LogP contribution in [0.5, 0.6) is 0 Å². The number of rotatable bonds is 9. The number of ether oxygens (including phenoxy) is 2. The van der Waals surface area contributed by atoms with Crippen molar-refractivity contribution < 1.29 is 27.5 Å². The van der Waals surface area contributed by atoms with E-state index in [9.17, 15) is 18.0 Å². The highest BCUT2D eigenvalue weighted by atomic mass is 35.5. The monoisotopic (exact) mass is 432 g/mol. The van der Waals surface area contributed by atoms with Crippen molar-refractivity contribution in [3.05, 3.63) is 28.8 Å². The van der Waals surface area contributed by atoms with E-state index < -0.39 is 28.5 Å². The second-order valence-corrected chi connectivity index (χ2v) is 8.73. The molecule has 1 aromatic carbocycles. The van der Waals surface area contributed by atoms with E-state index in [-0.39, 0.29) is 34.2 Å². The number of carbonyl (C=O) groups is 2. The number of carbonyl (C=O) groups excluding carboxylic acids is 2. The van der Waals surface area contributed by atoms with Crippen LogP contribution in [-0.4, -0.2) is 52.2 Å². The molecule has 0 aliphatic carbocycles. The van der Waals surface area contributed by atoms with Gasteiger partial charge in [0.15, 0.2) is 6.61 Å². The fourth-order valence-electron chi connectivity index (χ4n) is 2.55. The molecule has 1 aliphatic rings. The Morgan fingerprint density at radius 1 is 1.39 bits per heavy atom. The number of benzene rings is 1. The van der Waals surface area contributed by atoms with Crippen LogP contribution in [-0.2, 0) is 24.3 Å². The standard InChI is InChI=1S/C18H25ClN2O6S/c1-3-12(2)21-17(22)11-27-18(23)13-6-7-15(19)16(9-13)28(24,25)20-10-14-5-4-8-26-14/h6-7,9,12,14,20H,3-5,8,10-11H2,1-2H3,(H,21,22). The van der Waals surface area contributed by atoms with Gasteiger partial charge in [0, 0.05) is 19.2 Å². The Morgan fingerprint density at radius 2 is 2.14 bits per heavy atom. The van der Waals surface area contributed by atoms with Crippen molar-refractivity contribution in [3.8, 4) is 0 Å². The molecule has 2 rings (SSSR count). The summed E-state index contributed by atoms with van der Waals surface area (Å²) in [6.07, 6.45) is 2.24. The first-order valence-corrected chi connectivity index (χ1v) is 11.0. The lowest BCUT2D eigenvalue weighted by atomic mass is 10.2. The van der Waals surface area contributed by atoms with E-state index in [1.165, 1.54) is 12.1 Å². The third-order valence-corrected chi connectivity index (χ3v) is 6.24. The summed E-state index contributed by atoms with van der Waals surface area (Å²) in [7, 11) is -3.93. The van der Waals surface area contributed by atoms with Crippen molar-refractivity contribution in [3.63, 3.8) is 0 Å². The predicted octanol–water partition coefficient (Wildman–Crippen LogP) is 1.87. The van der Waals surface area contributed by atoms with E-state index in [1.807, 2.05) is 13.8 Å². The van der Waals surface area contributed by atoms with Gasteiger partial charge >= 0.3 is 5.97 Å². The third kappa shape index (κ3) is 6.44. The second kappa shape index (κ2) is 10.2. The minimum Gasteiger partial charge on any atom is -0.452 e. The topological polar surface area (TPSA) is 111 Å². The van der Waals surface area contributed by atoms with Gasteiger partial charge in [0.2, 0.25) is 10.0 Å². The number of hydrogen-bond donors (Lipinski definition) is 2. The van der Waals surface area contributed by atoms with Gasteiger partial charge < -0.3 is 14.8 Å². The molecule has 1 heterocycles. The largest absolute Gasteiger partial charge is 0.452 e. The molecule has 2 atom stereocenters. The van der Waals surface area contributed by atoms with Gasteiger partial charge in [-0.3, -0.25) is 4.79 Å². The van der Waals surface area contributed by atoms with Crippen molar-refractivity contribution >= 4 is 33.5 Å². The van der Waals surface area contributed by atoms with Gasteiger partial charge in [-0.05, 0) is 44.4 Å². The summed E-state index contributed by atoms with van der Waals surface area (Å²) in [5.41, 5.74) is -0.0155. The number of halogens is 1. The van der Waals surface area contributed by atoms with Crippen LogP contribution in [0.1, 0.15) is 43.5 Å². The van der Waals surface area contributed by atoms with Crippen LogP contribution in [0.25, 0.3) is 0 Å². The van der Waals surface area contributed by atoms with Gasteiger partial charge in [0.1, 0.15) is 4.90 Å². The zero-order valence-electron chi connectivity index (χ0n) is 15.9. The van der Waals surface area contributed by atoms with Gasteiger partial charge in [0.05, 0.1) is 16.7 Å². The SMILES string of the molecule is CCC(C)NC(=O)COC(=O)c1ccc(Cl)c(S(=O)(=O)NCC2CCCO2)c1. The first-order valence-electron chi connectivity index (χ1n) is 9.10. The van der Waals surface area contributed by atoms with E-state index in [2.05, 4.69) is 10.0 Å². The first-order chi connectivity index (χ1) is 13.2. The molecule has 2 unspecified atom stereocenters. The van der Waals surface area contributed by atoms with Crippen LogP contribution in [0.3, 0.4) is 0 Å². The van der Waals surface area contributed by atoms with E-state index in [4.69, 9.17) is 21.1 Å². The smallest absolute Gasteiger partial charge is 0.338 e. The molecule has 156 valence electrons. The summed E-state index contributed by atoms with van der Waals surface area (Å²) in [6, 6.07) is 3.75. The van der Waals surface area contributed by atoms with Crippen molar-refractivity contribution in [1.29, 1.82) is 0 Å². The first kappa shape index (κ1) is 22.6. The molecule has 8 nitrogen and oxygen atoms in total. The van der Waals surface area contributed by atoms with Crippen LogP contribution in [0.4, 0.5) is 0 Å². The van der Waals surface area contributed by atoms with Gasteiger partial charge in [0.25, 0.3) is 5.91 Å². The maximum absolute atomic E-state index is 12.5. The van der Waals surface area contributed by atoms with Gasteiger partial charge in [-0.25, -0.2) is 17.9 Å². The van der Waals surface area contributed by atoms with Crippen LogP contribution < -0.4 is 10.0 Å². The molecular weight excluding hydrogens is 408 g/mol. The van der Waals surface area contributed by atoms with Crippen molar-refractivity contribution in [2.45, 2.75) is 50.2 Å². The molecule has 0 saturated carbocycles. The molecule has 1 saturated heterocycles. The predicted molar refractivity (Wildman–Crippen MR) is 104 cm³/mol. The van der Waals surface area contributed by atoms with Crippen molar-refractivity contribution in [2.75, 3.05) is 19.8 Å². The molecular formula is C18H25ClN2O6S. The van der Waals surface area contributed by atoms with E-state index in [0.717, 1.165) is 25.3 Å². The lowest BCUT2D eigenvalue weighted by Gasteiger charge is -2.13.